The van der Waals surface area contributed by atoms with Crippen molar-refractivity contribution < 1.29 is 21.7 Å². The molecule has 126 valence electrons. The van der Waals surface area contributed by atoms with Gasteiger partial charge in [-0.05, 0) is 25.5 Å². The van der Waals surface area contributed by atoms with Crippen LogP contribution in [0.3, 0.4) is 0 Å². The summed E-state index contributed by atoms with van der Waals surface area (Å²) in [4.78, 5) is 0. The van der Waals surface area contributed by atoms with E-state index in [-0.39, 0.29) is 23.5 Å². The number of anilines is 2. The molecule has 0 saturated heterocycles. The summed E-state index contributed by atoms with van der Waals surface area (Å²) in [6.45, 7) is 3.17. The quantitative estimate of drug-likeness (QED) is 0.806. The molecule has 9 heteroatoms. The number of sulfonamides is 1. The van der Waals surface area contributed by atoms with Crippen LogP contribution >= 0.6 is 0 Å². The summed E-state index contributed by atoms with van der Waals surface area (Å²) in [7, 11) is -3.66. The van der Waals surface area contributed by atoms with Crippen LogP contribution in [0.4, 0.5) is 20.3 Å². The van der Waals surface area contributed by atoms with Gasteiger partial charge >= 0.3 is 0 Å². The number of rotatable bonds is 7. The van der Waals surface area contributed by atoms with Crippen molar-refractivity contribution in [1.29, 1.82) is 0 Å². The van der Waals surface area contributed by atoms with E-state index < -0.39 is 21.7 Å². The number of aromatic nitrogens is 1. The van der Waals surface area contributed by atoms with Crippen LogP contribution in [0, 0.1) is 18.6 Å². The zero-order chi connectivity index (χ0) is 17.0. The van der Waals surface area contributed by atoms with Gasteiger partial charge in [-0.15, -0.1) is 0 Å². The molecule has 23 heavy (non-hydrogen) atoms. The Balaban J connectivity index is 2.21. The fourth-order valence-electron chi connectivity index (χ4n) is 1.95. The van der Waals surface area contributed by atoms with Crippen LogP contribution in [-0.2, 0) is 16.6 Å². The van der Waals surface area contributed by atoms with Crippen molar-refractivity contribution >= 4 is 21.5 Å². The van der Waals surface area contributed by atoms with Crippen molar-refractivity contribution in [1.82, 2.24) is 5.16 Å². The first-order valence-corrected chi connectivity index (χ1v) is 8.62. The smallest absolute Gasteiger partial charge is 0.232 e. The Kier molecular flexibility index (Phi) is 5.19. The highest BCUT2D eigenvalue weighted by atomic mass is 32.2. The molecule has 2 aromatic rings. The topological polar surface area (TPSA) is 84.2 Å². The molecule has 0 unspecified atom stereocenters. The third-order valence-electron chi connectivity index (χ3n) is 3.00. The van der Waals surface area contributed by atoms with Crippen LogP contribution in [0.5, 0.6) is 0 Å². The molecule has 0 aliphatic carbocycles. The Bertz CT molecular complexity index is 791. The minimum atomic E-state index is -3.66. The maximum atomic E-state index is 14.4. The van der Waals surface area contributed by atoms with E-state index in [0.29, 0.717) is 18.0 Å². The van der Waals surface area contributed by atoms with E-state index in [1.807, 2.05) is 0 Å². The second-order valence-corrected chi connectivity index (χ2v) is 6.83. The van der Waals surface area contributed by atoms with Gasteiger partial charge in [-0.1, -0.05) is 12.1 Å². The van der Waals surface area contributed by atoms with E-state index in [1.165, 1.54) is 0 Å². The molecule has 6 nitrogen and oxygen atoms in total. The zero-order valence-electron chi connectivity index (χ0n) is 12.7. The molecule has 0 aliphatic heterocycles. The van der Waals surface area contributed by atoms with Crippen molar-refractivity contribution in [3.8, 4) is 0 Å². The predicted molar refractivity (Wildman–Crippen MR) is 82.6 cm³/mol. The summed E-state index contributed by atoms with van der Waals surface area (Å²) >= 11 is 0. The third-order valence-corrected chi connectivity index (χ3v) is 4.48. The van der Waals surface area contributed by atoms with Crippen molar-refractivity contribution in [2.75, 3.05) is 15.8 Å². The normalized spacial score (nSPS) is 11.5. The molecule has 0 aliphatic rings. The van der Waals surface area contributed by atoms with Gasteiger partial charge in [0.1, 0.15) is 11.6 Å². The first-order chi connectivity index (χ1) is 10.8. The average Bonchev–Trinajstić information content (AvgIpc) is 2.87. The van der Waals surface area contributed by atoms with Crippen LogP contribution < -0.4 is 10.0 Å². The molecular weight excluding hydrogens is 328 g/mol. The summed E-state index contributed by atoms with van der Waals surface area (Å²) in [6.07, 6.45) is 0.387. The van der Waals surface area contributed by atoms with Gasteiger partial charge in [0, 0.05) is 18.2 Å². The molecule has 1 heterocycles. The number of halogens is 2. The van der Waals surface area contributed by atoms with Gasteiger partial charge in [-0.2, -0.15) is 0 Å². The minimum Gasteiger partial charge on any atom is -0.363 e. The van der Waals surface area contributed by atoms with E-state index in [9.17, 15) is 17.2 Å². The zero-order valence-corrected chi connectivity index (χ0v) is 13.5. The third kappa shape index (κ3) is 4.41. The molecule has 1 aromatic carbocycles. The molecule has 2 N–H and O–H groups in total. The second kappa shape index (κ2) is 6.95. The number of benzene rings is 1. The first kappa shape index (κ1) is 17.2. The molecule has 2 rings (SSSR count). The first-order valence-electron chi connectivity index (χ1n) is 6.97. The summed E-state index contributed by atoms with van der Waals surface area (Å²) in [6, 6.07) is 3.64. The fourth-order valence-corrected chi connectivity index (χ4v) is 3.09. The van der Waals surface area contributed by atoms with Crippen molar-refractivity contribution in [2.24, 2.45) is 0 Å². The van der Waals surface area contributed by atoms with E-state index in [0.717, 1.165) is 12.1 Å². The molecule has 0 amide bonds. The van der Waals surface area contributed by atoms with Gasteiger partial charge in [-0.25, -0.2) is 17.2 Å². The molecule has 0 radical (unpaired) electrons. The lowest BCUT2D eigenvalue weighted by Crippen LogP contribution is -2.18. The van der Waals surface area contributed by atoms with Crippen LogP contribution in [-0.4, -0.2) is 19.3 Å². The number of hydrogen-bond acceptors (Lipinski definition) is 5. The highest BCUT2D eigenvalue weighted by Gasteiger charge is 2.18. The monoisotopic (exact) mass is 345 g/mol. The molecule has 0 atom stereocenters. The molecule has 0 saturated carbocycles. The van der Waals surface area contributed by atoms with Gasteiger partial charge in [0.25, 0.3) is 0 Å². The number of nitrogens with zero attached hydrogens (tertiary/aromatic N) is 1. The summed E-state index contributed by atoms with van der Waals surface area (Å²) < 4.78 is 58.6. The number of hydrogen-bond donors (Lipinski definition) is 2. The lowest BCUT2D eigenvalue weighted by atomic mass is 10.1. The molecular formula is C14H17F2N3O3S. The van der Waals surface area contributed by atoms with Crippen LogP contribution in [0.25, 0.3) is 0 Å². The minimum absolute atomic E-state index is 0.143. The summed E-state index contributed by atoms with van der Waals surface area (Å²) in [5, 5.41) is 6.37. The Labute approximate surface area is 132 Å². The maximum Gasteiger partial charge on any atom is 0.232 e. The van der Waals surface area contributed by atoms with Gasteiger partial charge in [0.15, 0.2) is 11.6 Å². The Morgan fingerprint density at radius 1 is 1.30 bits per heavy atom. The van der Waals surface area contributed by atoms with Crippen LogP contribution in [0.2, 0.25) is 0 Å². The van der Waals surface area contributed by atoms with E-state index in [4.69, 9.17) is 4.52 Å². The maximum absolute atomic E-state index is 14.4. The van der Waals surface area contributed by atoms with Gasteiger partial charge < -0.3 is 9.84 Å². The highest BCUT2D eigenvalue weighted by Crippen LogP contribution is 2.23. The predicted octanol–water partition coefficient (Wildman–Crippen LogP) is 3.03. The van der Waals surface area contributed by atoms with Crippen molar-refractivity contribution in [3.63, 3.8) is 0 Å². The second-order valence-electron chi connectivity index (χ2n) is 4.98. The number of nitrogens with one attached hydrogen (secondary N) is 2. The fraction of sp³-hybridized carbons (Fsp3) is 0.357. The van der Waals surface area contributed by atoms with Gasteiger partial charge in [0.2, 0.25) is 10.0 Å². The standard InChI is InChI=1S/C14H17F2N3O3S/c1-3-6-23(20,21)19-12-5-4-11(15)10(14(12)16)8-17-13-7-9(2)22-18-13/h4-5,7,19H,3,6,8H2,1-2H3,(H,17,18). The summed E-state index contributed by atoms with van der Waals surface area (Å²) in [5.41, 5.74) is -0.574. The van der Waals surface area contributed by atoms with Crippen LogP contribution in [0.15, 0.2) is 22.7 Å². The molecule has 1 aromatic heterocycles. The van der Waals surface area contributed by atoms with Gasteiger partial charge in [0.05, 0.1) is 11.4 Å². The number of aryl methyl sites for hydroxylation is 1. The molecule has 0 spiro atoms. The van der Waals surface area contributed by atoms with Crippen molar-refractivity contribution in [3.05, 3.63) is 41.2 Å². The Morgan fingerprint density at radius 2 is 2.04 bits per heavy atom. The SMILES string of the molecule is CCCS(=O)(=O)Nc1ccc(F)c(CNc2cc(C)on2)c1F. The largest absolute Gasteiger partial charge is 0.363 e. The van der Waals surface area contributed by atoms with E-state index >= 15 is 0 Å². The Hall–Kier alpha value is -2.16. The lowest BCUT2D eigenvalue weighted by Gasteiger charge is -2.12. The lowest BCUT2D eigenvalue weighted by molar-refractivity contribution is 0.399. The van der Waals surface area contributed by atoms with E-state index in [2.05, 4.69) is 15.2 Å². The molecule has 0 bridgehead atoms. The Morgan fingerprint density at radius 3 is 2.65 bits per heavy atom. The average molecular weight is 345 g/mol. The summed E-state index contributed by atoms with van der Waals surface area (Å²) in [5.74, 6) is -1.01. The van der Waals surface area contributed by atoms with Crippen molar-refractivity contribution in [2.45, 2.75) is 26.8 Å². The van der Waals surface area contributed by atoms with Gasteiger partial charge in [-0.3, -0.25) is 4.72 Å². The molecule has 0 fully saturated rings. The highest BCUT2D eigenvalue weighted by molar-refractivity contribution is 7.92. The van der Waals surface area contributed by atoms with Crippen LogP contribution in [0.1, 0.15) is 24.7 Å². The van der Waals surface area contributed by atoms with E-state index in [1.54, 1.807) is 19.9 Å².